The molecular formula is C20H23F3N2O5. The van der Waals surface area contributed by atoms with Crippen molar-refractivity contribution in [2.75, 3.05) is 27.9 Å². The topological polar surface area (TPSA) is 78.0 Å². The van der Waals surface area contributed by atoms with Crippen LogP contribution in [0.3, 0.4) is 0 Å². The van der Waals surface area contributed by atoms with E-state index < -0.39 is 18.8 Å². The van der Waals surface area contributed by atoms with Gasteiger partial charge in [-0.25, -0.2) is 4.79 Å². The third kappa shape index (κ3) is 6.94. The fourth-order valence-electron chi connectivity index (χ4n) is 2.52. The van der Waals surface area contributed by atoms with Gasteiger partial charge in [0.15, 0.2) is 18.1 Å². The standard InChI is InChI=1S/C20H23F3N2O5/c1-27-16-9-18(29-3)17(28-2)8-14(16)11-25-19(26)24-10-13-4-6-15(7-5-13)30-12-20(21,22)23/h4-9H,10-12H2,1-3H3,(H2,24,25,26). The Balaban J connectivity index is 1.87. The van der Waals surface area contributed by atoms with Crippen molar-refractivity contribution in [1.29, 1.82) is 0 Å². The highest BCUT2D eigenvalue weighted by Gasteiger charge is 2.28. The molecule has 0 unspecified atom stereocenters. The molecule has 0 aromatic heterocycles. The predicted octanol–water partition coefficient (Wildman–Crippen LogP) is 3.65. The normalized spacial score (nSPS) is 10.9. The third-order valence-electron chi connectivity index (χ3n) is 4.00. The number of carbonyl (C=O) groups is 1. The zero-order valence-corrected chi connectivity index (χ0v) is 16.8. The van der Waals surface area contributed by atoms with Crippen molar-refractivity contribution in [2.24, 2.45) is 0 Å². The first kappa shape index (κ1) is 23.0. The van der Waals surface area contributed by atoms with Crippen molar-refractivity contribution < 1.29 is 36.9 Å². The van der Waals surface area contributed by atoms with Crippen LogP contribution >= 0.6 is 0 Å². The molecule has 2 N–H and O–H groups in total. The van der Waals surface area contributed by atoms with Crippen LogP contribution in [-0.2, 0) is 13.1 Å². The van der Waals surface area contributed by atoms with Gasteiger partial charge in [0.1, 0.15) is 11.5 Å². The zero-order valence-electron chi connectivity index (χ0n) is 16.8. The average molecular weight is 428 g/mol. The van der Waals surface area contributed by atoms with Crippen LogP contribution in [0.1, 0.15) is 11.1 Å². The number of urea groups is 1. The molecule has 2 amide bonds. The van der Waals surface area contributed by atoms with Crippen molar-refractivity contribution >= 4 is 6.03 Å². The van der Waals surface area contributed by atoms with Gasteiger partial charge in [-0.15, -0.1) is 0 Å². The van der Waals surface area contributed by atoms with Gasteiger partial charge in [-0.3, -0.25) is 0 Å². The second-order valence-corrected chi connectivity index (χ2v) is 6.10. The minimum atomic E-state index is -4.39. The molecule has 0 aliphatic rings. The molecule has 2 aromatic carbocycles. The van der Waals surface area contributed by atoms with E-state index in [2.05, 4.69) is 15.4 Å². The molecule has 0 atom stereocenters. The Labute approximate surface area is 172 Å². The lowest BCUT2D eigenvalue weighted by atomic mass is 10.1. The number of ether oxygens (including phenoxy) is 4. The van der Waals surface area contributed by atoms with Crippen LogP contribution < -0.4 is 29.6 Å². The Hall–Kier alpha value is -3.30. The summed E-state index contributed by atoms with van der Waals surface area (Å²) >= 11 is 0. The maximum Gasteiger partial charge on any atom is 0.422 e. The lowest BCUT2D eigenvalue weighted by Gasteiger charge is -2.15. The molecule has 0 fully saturated rings. The molecule has 2 rings (SSSR count). The summed E-state index contributed by atoms with van der Waals surface area (Å²) in [6.45, 7) is -0.985. The van der Waals surface area contributed by atoms with Crippen molar-refractivity contribution in [2.45, 2.75) is 19.3 Å². The lowest BCUT2D eigenvalue weighted by Crippen LogP contribution is -2.34. The van der Waals surface area contributed by atoms with Gasteiger partial charge in [-0.2, -0.15) is 13.2 Å². The van der Waals surface area contributed by atoms with Crippen molar-refractivity contribution in [3.63, 3.8) is 0 Å². The minimum absolute atomic E-state index is 0.0982. The molecule has 0 heterocycles. The van der Waals surface area contributed by atoms with E-state index in [9.17, 15) is 18.0 Å². The summed E-state index contributed by atoms with van der Waals surface area (Å²) in [6.07, 6.45) is -4.39. The van der Waals surface area contributed by atoms with Gasteiger partial charge in [0.05, 0.1) is 21.3 Å². The van der Waals surface area contributed by atoms with Gasteiger partial charge in [0, 0.05) is 24.7 Å². The fraction of sp³-hybridized carbons (Fsp3) is 0.350. The molecule has 0 aliphatic carbocycles. The van der Waals surface area contributed by atoms with E-state index in [1.165, 1.54) is 33.5 Å². The van der Waals surface area contributed by atoms with E-state index in [0.717, 1.165) is 0 Å². The lowest BCUT2D eigenvalue weighted by molar-refractivity contribution is -0.153. The smallest absolute Gasteiger partial charge is 0.422 e. The predicted molar refractivity (Wildman–Crippen MR) is 103 cm³/mol. The molecule has 30 heavy (non-hydrogen) atoms. The highest BCUT2D eigenvalue weighted by atomic mass is 19.4. The Kier molecular flexibility index (Phi) is 8.02. The molecule has 0 bridgehead atoms. The fourth-order valence-corrected chi connectivity index (χ4v) is 2.52. The largest absolute Gasteiger partial charge is 0.496 e. The number of carbonyl (C=O) groups excluding carboxylic acids is 1. The van der Waals surface area contributed by atoms with Crippen LogP contribution in [0.4, 0.5) is 18.0 Å². The van der Waals surface area contributed by atoms with Gasteiger partial charge in [0.2, 0.25) is 0 Å². The highest BCUT2D eigenvalue weighted by molar-refractivity contribution is 5.74. The molecular weight excluding hydrogens is 405 g/mol. The Morgan fingerprint density at radius 3 is 2.00 bits per heavy atom. The van der Waals surface area contributed by atoms with E-state index in [4.69, 9.17) is 14.2 Å². The molecule has 0 aliphatic heterocycles. The number of nitrogens with one attached hydrogen (secondary N) is 2. The molecule has 0 radical (unpaired) electrons. The molecule has 164 valence electrons. The second-order valence-electron chi connectivity index (χ2n) is 6.10. The summed E-state index contributed by atoms with van der Waals surface area (Å²) in [5.74, 6) is 1.64. The van der Waals surface area contributed by atoms with Crippen molar-refractivity contribution in [1.82, 2.24) is 10.6 Å². The number of benzene rings is 2. The molecule has 10 heteroatoms. The monoisotopic (exact) mass is 428 g/mol. The van der Waals surface area contributed by atoms with Crippen LogP contribution in [0.5, 0.6) is 23.0 Å². The van der Waals surface area contributed by atoms with Crippen molar-refractivity contribution in [3.05, 3.63) is 47.5 Å². The van der Waals surface area contributed by atoms with Gasteiger partial charge >= 0.3 is 12.2 Å². The first-order valence-electron chi connectivity index (χ1n) is 8.84. The molecule has 0 saturated carbocycles. The maximum atomic E-state index is 12.2. The summed E-state index contributed by atoms with van der Waals surface area (Å²) in [5, 5.41) is 5.37. The van der Waals surface area contributed by atoms with E-state index in [1.54, 1.807) is 24.3 Å². The number of halogens is 3. The summed E-state index contributed by atoms with van der Waals surface area (Å²) in [6, 6.07) is 8.91. The maximum absolute atomic E-state index is 12.2. The number of alkyl halides is 3. The van der Waals surface area contributed by atoms with Gasteiger partial charge in [0.25, 0.3) is 0 Å². The van der Waals surface area contributed by atoms with E-state index in [-0.39, 0.29) is 18.8 Å². The molecule has 0 spiro atoms. The summed E-state index contributed by atoms with van der Waals surface area (Å²) in [5.41, 5.74) is 1.39. The first-order chi connectivity index (χ1) is 14.3. The van der Waals surface area contributed by atoms with Crippen LogP contribution in [0.2, 0.25) is 0 Å². The van der Waals surface area contributed by atoms with Crippen molar-refractivity contribution in [3.8, 4) is 23.0 Å². The van der Waals surface area contributed by atoms with Crippen LogP contribution in [0, 0.1) is 0 Å². The number of hydrogen-bond donors (Lipinski definition) is 2. The van der Waals surface area contributed by atoms with Crippen LogP contribution in [-0.4, -0.2) is 40.1 Å². The van der Waals surface area contributed by atoms with Crippen LogP contribution in [0.25, 0.3) is 0 Å². The Bertz CT molecular complexity index is 842. The summed E-state index contributed by atoms with van der Waals surface area (Å²) in [7, 11) is 4.53. The number of amides is 2. The van der Waals surface area contributed by atoms with Gasteiger partial charge in [-0.1, -0.05) is 12.1 Å². The van der Waals surface area contributed by atoms with Gasteiger partial charge < -0.3 is 29.6 Å². The SMILES string of the molecule is COc1cc(OC)c(OC)cc1CNC(=O)NCc1ccc(OCC(F)(F)F)cc1. The number of rotatable bonds is 9. The quantitative estimate of drug-likeness (QED) is 0.638. The first-order valence-corrected chi connectivity index (χ1v) is 8.84. The number of hydrogen-bond acceptors (Lipinski definition) is 5. The Morgan fingerprint density at radius 1 is 0.867 bits per heavy atom. The van der Waals surface area contributed by atoms with E-state index in [0.29, 0.717) is 28.4 Å². The second kappa shape index (κ2) is 10.5. The van der Waals surface area contributed by atoms with E-state index in [1.807, 2.05) is 0 Å². The summed E-state index contributed by atoms with van der Waals surface area (Å²) < 4.78 is 56.9. The van der Waals surface area contributed by atoms with E-state index >= 15 is 0 Å². The van der Waals surface area contributed by atoms with Crippen LogP contribution in [0.15, 0.2) is 36.4 Å². The molecule has 2 aromatic rings. The van der Waals surface area contributed by atoms with Gasteiger partial charge in [-0.05, 0) is 23.8 Å². The summed E-state index contributed by atoms with van der Waals surface area (Å²) in [4.78, 5) is 12.1. The number of methoxy groups -OCH3 is 3. The minimum Gasteiger partial charge on any atom is -0.496 e. The zero-order chi connectivity index (χ0) is 22.1. The molecule has 7 nitrogen and oxygen atoms in total. The Morgan fingerprint density at radius 2 is 1.43 bits per heavy atom. The average Bonchev–Trinajstić information content (AvgIpc) is 2.74. The highest BCUT2D eigenvalue weighted by Crippen LogP contribution is 2.34. The molecule has 0 saturated heterocycles. The third-order valence-corrected chi connectivity index (χ3v) is 4.00.